The molecule has 0 saturated carbocycles. The van der Waals surface area contributed by atoms with E-state index in [-0.39, 0.29) is 0 Å². The number of ether oxygens (including phenoxy) is 1. The van der Waals surface area contributed by atoms with Crippen LogP contribution in [0.25, 0.3) is 0 Å². The summed E-state index contributed by atoms with van der Waals surface area (Å²) in [5.41, 5.74) is 1.48. The van der Waals surface area contributed by atoms with Gasteiger partial charge in [0, 0.05) is 25.2 Å². The van der Waals surface area contributed by atoms with Crippen LogP contribution in [0.4, 0.5) is 0 Å². The van der Waals surface area contributed by atoms with E-state index in [1.165, 1.54) is 38.0 Å². The topological polar surface area (TPSA) is 12.5 Å². The zero-order valence-electron chi connectivity index (χ0n) is 8.96. The molecule has 14 heavy (non-hydrogen) atoms. The number of hydrogen-bond acceptors (Lipinski definition) is 2. The summed E-state index contributed by atoms with van der Waals surface area (Å²) in [5.74, 6) is 1.13. The molecule has 0 unspecified atom stereocenters. The van der Waals surface area contributed by atoms with E-state index in [0.717, 1.165) is 18.6 Å². The summed E-state index contributed by atoms with van der Waals surface area (Å²) < 4.78 is 5.31. The van der Waals surface area contributed by atoms with Crippen LogP contribution in [0.15, 0.2) is 23.6 Å². The maximum atomic E-state index is 5.31. The van der Waals surface area contributed by atoms with E-state index in [0.29, 0.717) is 0 Å². The molecule has 0 radical (unpaired) electrons. The lowest BCUT2D eigenvalue weighted by Gasteiger charge is -2.32. The number of likely N-dealkylation sites (tertiary alicyclic amines) is 1. The first kappa shape index (κ1) is 9.63. The molecule has 2 aliphatic rings. The third-order valence-electron chi connectivity index (χ3n) is 3.08. The van der Waals surface area contributed by atoms with E-state index in [1.54, 1.807) is 7.11 Å². The van der Waals surface area contributed by atoms with Crippen molar-refractivity contribution in [2.24, 2.45) is 0 Å². The molecule has 0 aromatic heterocycles. The van der Waals surface area contributed by atoms with Crippen LogP contribution in [-0.4, -0.2) is 25.1 Å². The van der Waals surface area contributed by atoms with Crippen molar-refractivity contribution in [3.8, 4) is 0 Å². The molecule has 0 aromatic rings. The van der Waals surface area contributed by atoms with Crippen molar-refractivity contribution in [1.82, 2.24) is 4.90 Å². The summed E-state index contributed by atoms with van der Waals surface area (Å²) in [4.78, 5) is 2.52. The summed E-state index contributed by atoms with van der Waals surface area (Å²) in [5, 5.41) is 0. The lowest BCUT2D eigenvalue weighted by Crippen LogP contribution is -2.29. The first-order chi connectivity index (χ1) is 6.90. The molecule has 2 heteroatoms. The first-order valence-corrected chi connectivity index (χ1v) is 5.57. The van der Waals surface area contributed by atoms with Crippen LogP contribution < -0.4 is 0 Å². The molecule has 1 aliphatic carbocycles. The molecule has 2 rings (SSSR count). The molecule has 0 bridgehead atoms. The molecular weight excluding hydrogens is 174 g/mol. The van der Waals surface area contributed by atoms with Crippen LogP contribution in [0.2, 0.25) is 0 Å². The van der Waals surface area contributed by atoms with E-state index >= 15 is 0 Å². The number of piperidine rings is 1. The summed E-state index contributed by atoms with van der Waals surface area (Å²) in [6.07, 6.45) is 10.6. The highest BCUT2D eigenvalue weighted by atomic mass is 16.5. The molecule has 0 aromatic carbocycles. The van der Waals surface area contributed by atoms with Crippen molar-refractivity contribution in [3.05, 3.63) is 23.6 Å². The van der Waals surface area contributed by atoms with Crippen molar-refractivity contribution >= 4 is 0 Å². The third-order valence-corrected chi connectivity index (χ3v) is 3.08. The van der Waals surface area contributed by atoms with Gasteiger partial charge in [0.2, 0.25) is 0 Å². The van der Waals surface area contributed by atoms with Gasteiger partial charge in [0.25, 0.3) is 0 Å². The van der Waals surface area contributed by atoms with Crippen LogP contribution in [0, 0.1) is 0 Å². The lowest BCUT2D eigenvalue weighted by atomic mass is 10.1. The van der Waals surface area contributed by atoms with Crippen molar-refractivity contribution < 1.29 is 4.74 Å². The fourth-order valence-corrected chi connectivity index (χ4v) is 2.23. The standard InChI is InChI=1S/C12H19NO/c1-14-12-7-5-6-11(10-12)13-8-3-2-4-9-13/h6-7H,2-5,8-10H2,1H3. The Morgan fingerprint density at radius 2 is 1.93 bits per heavy atom. The van der Waals surface area contributed by atoms with Crippen LogP contribution in [0.5, 0.6) is 0 Å². The van der Waals surface area contributed by atoms with Gasteiger partial charge in [0.05, 0.1) is 12.9 Å². The summed E-state index contributed by atoms with van der Waals surface area (Å²) in [6.45, 7) is 2.48. The largest absolute Gasteiger partial charge is 0.501 e. The Hall–Kier alpha value is -0.920. The Morgan fingerprint density at radius 1 is 1.14 bits per heavy atom. The fraction of sp³-hybridized carbons (Fsp3) is 0.667. The van der Waals surface area contributed by atoms with E-state index in [1.807, 2.05) is 0 Å². The smallest absolute Gasteiger partial charge is 0.0977 e. The van der Waals surface area contributed by atoms with Crippen molar-refractivity contribution in [1.29, 1.82) is 0 Å². The monoisotopic (exact) mass is 193 g/mol. The second-order valence-electron chi connectivity index (χ2n) is 4.03. The Labute approximate surface area is 86.2 Å². The number of rotatable bonds is 2. The van der Waals surface area contributed by atoms with Crippen LogP contribution in [0.1, 0.15) is 32.1 Å². The SMILES string of the molecule is COC1=CCC=C(N2CCCCC2)C1. The van der Waals surface area contributed by atoms with Crippen molar-refractivity contribution in [3.63, 3.8) is 0 Å². The maximum absolute atomic E-state index is 5.31. The van der Waals surface area contributed by atoms with Gasteiger partial charge in [0.15, 0.2) is 0 Å². The number of allylic oxidation sites excluding steroid dienone is 2. The van der Waals surface area contributed by atoms with Gasteiger partial charge in [-0.3, -0.25) is 0 Å². The summed E-state index contributed by atoms with van der Waals surface area (Å²) in [7, 11) is 1.77. The Bertz CT molecular complexity index is 249. The van der Waals surface area contributed by atoms with Crippen molar-refractivity contribution in [2.45, 2.75) is 32.1 Å². The molecule has 1 fully saturated rings. The number of nitrogens with zero attached hydrogens (tertiary/aromatic N) is 1. The molecule has 78 valence electrons. The minimum atomic E-state index is 0.997. The van der Waals surface area contributed by atoms with E-state index in [9.17, 15) is 0 Å². The normalized spacial score (nSPS) is 22.8. The zero-order valence-corrected chi connectivity index (χ0v) is 8.96. The Balaban J connectivity index is 1.94. The second-order valence-corrected chi connectivity index (χ2v) is 4.03. The lowest BCUT2D eigenvalue weighted by molar-refractivity contribution is 0.243. The van der Waals surface area contributed by atoms with Crippen LogP contribution in [-0.2, 0) is 4.74 Å². The van der Waals surface area contributed by atoms with Crippen molar-refractivity contribution in [2.75, 3.05) is 20.2 Å². The van der Waals surface area contributed by atoms with Gasteiger partial charge in [-0.2, -0.15) is 0 Å². The average molecular weight is 193 g/mol. The summed E-state index contributed by atoms with van der Waals surface area (Å²) >= 11 is 0. The fourth-order valence-electron chi connectivity index (χ4n) is 2.23. The molecule has 0 amide bonds. The predicted octanol–water partition coefficient (Wildman–Crippen LogP) is 2.68. The number of hydrogen-bond donors (Lipinski definition) is 0. The molecule has 2 nitrogen and oxygen atoms in total. The minimum Gasteiger partial charge on any atom is -0.501 e. The molecule has 1 aliphatic heterocycles. The van der Waals surface area contributed by atoms with Gasteiger partial charge in [-0.25, -0.2) is 0 Å². The average Bonchev–Trinajstić information content (AvgIpc) is 2.30. The Kier molecular flexibility index (Phi) is 3.12. The van der Waals surface area contributed by atoms with Crippen LogP contribution >= 0.6 is 0 Å². The molecule has 0 N–H and O–H groups in total. The highest BCUT2D eigenvalue weighted by Crippen LogP contribution is 2.24. The van der Waals surface area contributed by atoms with E-state index < -0.39 is 0 Å². The molecular formula is C12H19NO. The minimum absolute atomic E-state index is 0.997. The Morgan fingerprint density at radius 3 is 2.64 bits per heavy atom. The van der Waals surface area contributed by atoms with Gasteiger partial charge >= 0.3 is 0 Å². The van der Waals surface area contributed by atoms with E-state index in [2.05, 4.69) is 17.1 Å². The number of methoxy groups -OCH3 is 1. The van der Waals surface area contributed by atoms with Gasteiger partial charge in [-0.1, -0.05) is 6.08 Å². The molecule has 1 saturated heterocycles. The quantitative estimate of drug-likeness (QED) is 0.668. The highest BCUT2D eigenvalue weighted by Gasteiger charge is 2.16. The predicted molar refractivity (Wildman–Crippen MR) is 57.8 cm³/mol. The van der Waals surface area contributed by atoms with Crippen LogP contribution in [0.3, 0.4) is 0 Å². The van der Waals surface area contributed by atoms with E-state index in [4.69, 9.17) is 4.74 Å². The second kappa shape index (κ2) is 4.54. The molecule has 0 spiro atoms. The highest BCUT2D eigenvalue weighted by molar-refractivity contribution is 5.18. The van der Waals surface area contributed by atoms with Gasteiger partial charge in [-0.05, 0) is 31.8 Å². The van der Waals surface area contributed by atoms with Gasteiger partial charge < -0.3 is 9.64 Å². The summed E-state index contributed by atoms with van der Waals surface area (Å²) in [6, 6.07) is 0. The van der Waals surface area contributed by atoms with Gasteiger partial charge in [-0.15, -0.1) is 0 Å². The first-order valence-electron chi connectivity index (χ1n) is 5.57. The maximum Gasteiger partial charge on any atom is 0.0977 e. The molecule has 1 heterocycles. The zero-order chi connectivity index (χ0) is 9.80. The molecule has 0 atom stereocenters. The van der Waals surface area contributed by atoms with Gasteiger partial charge in [0.1, 0.15) is 0 Å². The third kappa shape index (κ3) is 2.11.